The minimum atomic E-state index is -1.24. The van der Waals surface area contributed by atoms with Crippen LogP contribution in [-0.4, -0.2) is 43.2 Å². The Morgan fingerprint density at radius 2 is 1.77 bits per heavy atom. The molecule has 2 N–H and O–H groups in total. The Kier molecular flexibility index (Phi) is 7.49. The number of hydrogen-bond acceptors (Lipinski definition) is 5. The lowest BCUT2D eigenvalue weighted by molar-refractivity contribution is 0.00833. The van der Waals surface area contributed by atoms with Crippen molar-refractivity contribution < 1.29 is 32.6 Å². The van der Waals surface area contributed by atoms with E-state index < -0.39 is 39.8 Å². The third-order valence-electron chi connectivity index (χ3n) is 6.81. The van der Waals surface area contributed by atoms with Gasteiger partial charge >= 0.3 is 6.09 Å². The van der Waals surface area contributed by atoms with Gasteiger partial charge in [0.2, 0.25) is 5.91 Å². The molecule has 1 aliphatic rings. The summed E-state index contributed by atoms with van der Waals surface area (Å²) < 4.78 is 47.7. The Hall–Kier alpha value is -3.85. The van der Waals surface area contributed by atoms with Gasteiger partial charge in [0.15, 0.2) is 17.2 Å². The second-order valence-electron chi connectivity index (χ2n) is 10.3. The highest BCUT2D eigenvalue weighted by Gasteiger charge is 2.48. The number of nitrogens with zero attached hydrogens (tertiary/aromatic N) is 1. The summed E-state index contributed by atoms with van der Waals surface area (Å²) in [5, 5.41) is -0.406. The Morgan fingerprint density at radius 1 is 1.10 bits per heavy atom. The zero-order valence-corrected chi connectivity index (χ0v) is 23.0. The Bertz CT molecular complexity index is 1440. The van der Waals surface area contributed by atoms with Gasteiger partial charge in [0.05, 0.1) is 31.4 Å². The quantitative estimate of drug-likeness (QED) is 0.395. The molecule has 3 aromatic carbocycles. The lowest BCUT2D eigenvalue weighted by atomic mass is 9.84. The van der Waals surface area contributed by atoms with E-state index in [9.17, 15) is 9.59 Å². The van der Waals surface area contributed by atoms with Crippen LogP contribution in [-0.2, 0) is 16.8 Å². The van der Waals surface area contributed by atoms with Crippen LogP contribution in [0.15, 0.2) is 48.5 Å². The molecule has 0 fully saturated rings. The fourth-order valence-corrected chi connectivity index (χ4v) is 5.15. The van der Waals surface area contributed by atoms with Crippen LogP contribution in [0.1, 0.15) is 42.3 Å². The summed E-state index contributed by atoms with van der Waals surface area (Å²) in [7, 11) is 2.55. The number of primary amides is 1. The SMILES string of the molecule is COC(=O)N(CC1(c2ccccc2)Cc2c(cc(F)c(Cl)c2-c2c(C(N)=O)ccc(OC)c2F)O1)C(C)(C)C. The first-order chi connectivity index (χ1) is 18.3. The molecule has 1 atom stereocenters. The number of ether oxygens (including phenoxy) is 3. The minimum Gasteiger partial charge on any atom is -0.494 e. The molecule has 0 bridgehead atoms. The van der Waals surface area contributed by atoms with Gasteiger partial charge in [-0.05, 0) is 38.5 Å². The first-order valence-corrected chi connectivity index (χ1v) is 12.5. The molecular formula is C29H29ClF2N2O5. The number of halogens is 3. The van der Waals surface area contributed by atoms with E-state index in [1.165, 1.54) is 31.3 Å². The van der Waals surface area contributed by atoms with E-state index in [-0.39, 0.29) is 41.2 Å². The van der Waals surface area contributed by atoms with Crippen molar-refractivity contribution in [1.29, 1.82) is 0 Å². The molecule has 1 heterocycles. The van der Waals surface area contributed by atoms with Gasteiger partial charge in [-0.25, -0.2) is 13.6 Å². The molecule has 3 aromatic rings. The van der Waals surface area contributed by atoms with E-state index in [1.807, 2.05) is 51.1 Å². The standard InChI is InChI=1S/C29H29ClF2N2O5/c1-28(2,3)34(27(36)38-5)15-29(16-9-7-6-8-10-16)14-18-21(39-29)13-19(31)24(30)22(18)23-17(26(33)35)11-12-20(37-4)25(23)32/h6-13H,14-15H2,1-5H3,(H2,33,35). The van der Waals surface area contributed by atoms with Crippen LogP contribution in [0.2, 0.25) is 5.02 Å². The highest BCUT2D eigenvalue weighted by Crippen LogP contribution is 2.51. The first-order valence-electron chi connectivity index (χ1n) is 12.1. The van der Waals surface area contributed by atoms with Gasteiger partial charge in [-0.15, -0.1) is 0 Å². The minimum absolute atomic E-state index is 0.00378. The fourth-order valence-electron chi connectivity index (χ4n) is 4.89. The van der Waals surface area contributed by atoms with Crippen molar-refractivity contribution in [2.75, 3.05) is 20.8 Å². The van der Waals surface area contributed by atoms with Gasteiger partial charge in [-0.3, -0.25) is 9.69 Å². The number of carbonyl (C=O) groups excluding carboxylic acids is 2. The average Bonchev–Trinajstić information content (AvgIpc) is 3.26. The van der Waals surface area contributed by atoms with Crippen LogP contribution in [0, 0.1) is 11.6 Å². The van der Waals surface area contributed by atoms with Gasteiger partial charge in [-0.1, -0.05) is 41.9 Å². The van der Waals surface area contributed by atoms with Gasteiger partial charge in [-0.2, -0.15) is 0 Å². The molecule has 1 unspecified atom stereocenters. The van der Waals surface area contributed by atoms with Crippen molar-refractivity contribution in [2.24, 2.45) is 5.73 Å². The van der Waals surface area contributed by atoms with Gasteiger partial charge in [0.25, 0.3) is 0 Å². The summed E-state index contributed by atoms with van der Waals surface area (Å²) in [6.07, 6.45) is -0.531. The Balaban J connectivity index is 2.00. The van der Waals surface area contributed by atoms with E-state index in [0.29, 0.717) is 11.1 Å². The Morgan fingerprint density at radius 3 is 2.33 bits per heavy atom. The number of carbonyl (C=O) groups is 2. The number of rotatable bonds is 6. The third kappa shape index (κ3) is 4.98. The zero-order chi connectivity index (χ0) is 28.7. The van der Waals surface area contributed by atoms with Crippen LogP contribution >= 0.6 is 11.6 Å². The summed E-state index contributed by atoms with van der Waals surface area (Å²) in [6, 6.07) is 12.8. The fraction of sp³-hybridized carbons (Fsp3) is 0.310. The van der Waals surface area contributed by atoms with Gasteiger partial charge < -0.3 is 19.9 Å². The molecule has 0 aliphatic carbocycles. The number of fused-ring (bicyclic) bond motifs is 1. The summed E-state index contributed by atoms with van der Waals surface area (Å²) in [6.45, 7) is 5.54. The van der Waals surface area contributed by atoms with E-state index in [4.69, 9.17) is 31.5 Å². The molecule has 7 nitrogen and oxygen atoms in total. The van der Waals surface area contributed by atoms with Crippen LogP contribution in [0.3, 0.4) is 0 Å². The normalized spacial score (nSPS) is 16.3. The molecule has 206 valence electrons. The lowest BCUT2D eigenvalue weighted by Crippen LogP contribution is -2.54. The largest absolute Gasteiger partial charge is 0.494 e. The first kappa shape index (κ1) is 28.2. The highest BCUT2D eigenvalue weighted by molar-refractivity contribution is 6.34. The van der Waals surface area contributed by atoms with Crippen molar-refractivity contribution in [3.05, 3.63) is 81.9 Å². The Labute approximate surface area is 230 Å². The topological polar surface area (TPSA) is 91.1 Å². The summed E-state index contributed by atoms with van der Waals surface area (Å²) >= 11 is 6.47. The lowest BCUT2D eigenvalue weighted by Gasteiger charge is -2.41. The second-order valence-corrected chi connectivity index (χ2v) is 10.6. The van der Waals surface area contributed by atoms with Crippen LogP contribution in [0.25, 0.3) is 11.1 Å². The predicted octanol–water partition coefficient (Wildman–Crippen LogP) is 6.09. The van der Waals surface area contributed by atoms with Crippen LogP contribution in [0.5, 0.6) is 11.5 Å². The van der Waals surface area contributed by atoms with Crippen molar-refractivity contribution in [2.45, 2.75) is 38.3 Å². The molecule has 10 heteroatoms. The third-order valence-corrected chi connectivity index (χ3v) is 7.18. The average molecular weight is 559 g/mol. The smallest absolute Gasteiger partial charge is 0.410 e. The van der Waals surface area contributed by atoms with Crippen molar-refractivity contribution >= 4 is 23.6 Å². The molecule has 0 saturated carbocycles. The molecule has 39 heavy (non-hydrogen) atoms. The van der Waals surface area contributed by atoms with E-state index in [1.54, 1.807) is 0 Å². The zero-order valence-electron chi connectivity index (χ0n) is 22.2. The number of hydrogen-bond donors (Lipinski definition) is 1. The predicted molar refractivity (Wildman–Crippen MR) is 143 cm³/mol. The van der Waals surface area contributed by atoms with Crippen LogP contribution in [0.4, 0.5) is 13.6 Å². The molecule has 0 saturated heterocycles. The van der Waals surface area contributed by atoms with Gasteiger partial charge in [0, 0.05) is 34.7 Å². The van der Waals surface area contributed by atoms with Gasteiger partial charge in [0.1, 0.15) is 11.6 Å². The highest BCUT2D eigenvalue weighted by atomic mass is 35.5. The van der Waals surface area contributed by atoms with Crippen molar-refractivity contribution in [3.8, 4) is 22.6 Å². The van der Waals surface area contributed by atoms with Crippen molar-refractivity contribution in [1.82, 2.24) is 4.90 Å². The maximum atomic E-state index is 15.8. The van der Waals surface area contributed by atoms with Crippen molar-refractivity contribution in [3.63, 3.8) is 0 Å². The second kappa shape index (κ2) is 10.4. The molecule has 0 radical (unpaired) electrons. The molecular weight excluding hydrogens is 530 g/mol. The molecule has 4 rings (SSSR count). The van der Waals surface area contributed by atoms with E-state index in [0.717, 1.165) is 6.07 Å². The molecule has 0 spiro atoms. The monoisotopic (exact) mass is 558 g/mol. The number of nitrogens with two attached hydrogens (primary N) is 1. The van der Waals surface area contributed by atoms with E-state index in [2.05, 4.69) is 0 Å². The molecule has 2 amide bonds. The summed E-state index contributed by atoms with van der Waals surface area (Å²) in [5.74, 6) is -2.83. The van der Waals surface area contributed by atoms with Crippen LogP contribution < -0.4 is 15.2 Å². The summed E-state index contributed by atoms with van der Waals surface area (Å²) in [4.78, 5) is 26.7. The maximum absolute atomic E-state index is 15.8. The summed E-state index contributed by atoms with van der Waals surface area (Å²) in [5.41, 5.74) is 4.12. The number of amides is 2. The number of benzene rings is 3. The molecule has 0 aromatic heterocycles. The number of methoxy groups -OCH3 is 2. The maximum Gasteiger partial charge on any atom is 0.410 e. The molecule has 1 aliphatic heterocycles. The van der Waals surface area contributed by atoms with E-state index >= 15 is 8.78 Å².